The minimum Gasteiger partial charge on any atom is -0.347 e. The number of nitrogens with one attached hydrogen (secondary N) is 2. The van der Waals surface area contributed by atoms with Crippen LogP contribution in [-0.2, 0) is 13.5 Å². The van der Waals surface area contributed by atoms with Gasteiger partial charge in [-0.1, -0.05) is 6.92 Å². The first-order chi connectivity index (χ1) is 8.60. The Hall–Kier alpha value is -1.36. The van der Waals surface area contributed by atoms with Crippen molar-refractivity contribution >= 4 is 5.91 Å². The number of hydrogen-bond acceptors (Lipinski definition) is 3. The van der Waals surface area contributed by atoms with Gasteiger partial charge in [-0.25, -0.2) is 0 Å². The highest BCUT2D eigenvalue weighted by atomic mass is 16.2. The fourth-order valence-corrected chi connectivity index (χ4v) is 2.29. The molecule has 18 heavy (non-hydrogen) atoms. The number of nitrogens with zero attached hydrogens (tertiary/aromatic N) is 2. The zero-order valence-electron chi connectivity index (χ0n) is 11.4. The molecule has 0 aliphatic carbocycles. The molecule has 1 aromatic rings. The number of carbonyl (C=O) groups is 1. The summed E-state index contributed by atoms with van der Waals surface area (Å²) in [6.45, 7) is 5.06. The van der Waals surface area contributed by atoms with E-state index in [1.807, 2.05) is 20.0 Å². The molecule has 1 aromatic heterocycles. The minimum absolute atomic E-state index is 0.0222. The molecule has 2 atom stereocenters. The summed E-state index contributed by atoms with van der Waals surface area (Å²) in [6, 6.07) is 2.66. The SMILES string of the molecule is CCc1cc(C(=O)NC2CCC(C)NC2)n(C)n1. The summed E-state index contributed by atoms with van der Waals surface area (Å²) in [6.07, 6.45) is 3.00. The Morgan fingerprint density at radius 2 is 2.39 bits per heavy atom. The van der Waals surface area contributed by atoms with Crippen LogP contribution in [0.15, 0.2) is 6.07 Å². The van der Waals surface area contributed by atoms with E-state index in [0.29, 0.717) is 11.7 Å². The van der Waals surface area contributed by atoms with E-state index in [1.54, 1.807) is 4.68 Å². The standard InChI is InChI=1S/C13H22N4O/c1-4-10-7-12(17(3)16-10)13(18)15-11-6-5-9(2)14-8-11/h7,9,11,14H,4-6,8H2,1-3H3,(H,15,18). The third-order valence-electron chi connectivity index (χ3n) is 3.52. The number of aromatic nitrogens is 2. The van der Waals surface area contributed by atoms with Crippen LogP contribution >= 0.6 is 0 Å². The maximum atomic E-state index is 12.1. The van der Waals surface area contributed by atoms with Gasteiger partial charge >= 0.3 is 0 Å². The third-order valence-corrected chi connectivity index (χ3v) is 3.52. The first kappa shape index (κ1) is 13.1. The van der Waals surface area contributed by atoms with Crippen molar-refractivity contribution in [3.63, 3.8) is 0 Å². The molecule has 0 spiro atoms. The van der Waals surface area contributed by atoms with Crippen LogP contribution in [0.4, 0.5) is 0 Å². The van der Waals surface area contributed by atoms with E-state index in [-0.39, 0.29) is 11.9 Å². The van der Waals surface area contributed by atoms with Gasteiger partial charge in [0.15, 0.2) is 0 Å². The molecule has 5 heteroatoms. The minimum atomic E-state index is -0.0222. The Balaban J connectivity index is 1.96. The molecule has 2 N–H and O–H groups in total. The van der Waals surface area contributed by atoms with Gasteiger partial charge in [0.1, 0.15) is 5.69 Å². The lowest BCUT2D eigenvalue weighted by Gasteiger charge is -2.28. The van der Waals surface area contributed by atoms with Crippen molar-refractivity contribution < 1.29 is 4.79 Å². The molecule has 1 amide bonds. The van der Waals surface area contributed by atoms with Crippen molar-refractivity contribution in [1.29, 1.82) is 0 Å². The summed E-state index contributed by atoms with van der Waals surface area (Å²) >= 11 is 0. The van der Waals surface area contributed by atoms with Crippen molar-refractivity contribution in [3.05, 3.63) is 17.5 Å². The molecule has 1 saturated heterocycles. The highest BCUT2D eigenvalue weighted by Gasteiger charge is 2.21. The second-order valence-electron chi connectivity index (χ2n) is 5.06. The van der Waals surface area contributed by atoms with Gasteiger partial charge in [-0.3, -0.25) is 9.48 Å². The molecule has 1 aliphatic heterocycles. The van der Waals surface area contributed by atoms with Gasteiger partial charge in [-0.15, -0.1) is 0 Å². The van der Waals surface area contributed by atoms with Crippen molar-refractivity contribution in [2.75, 3.05) is 6.54 Å². The van der Waals surface area contributed by atoms with E-state index in [2.05, 4.69) is 22.7 Å². The van der Waals surface area contributed by atoms with Crippen LogP contribution in [0.1, 0.15) is 42.9 Å². The van der Waals surface area contributed by atoms with Crippen LogP contribution in [0.25, 0.3) is 0 Å². The monoisotopic (exact) mass is 250 g/mol. The lowest BCUT2D eigenvalue weighted by molar-refractivity contribution is 0.0918. The zero-order chi connectivity index (χ0) is 13.1. The molecular weight excluding hydrogens is 228 g/mol. The van der Waals surface area contributed by atoms with E-state index in [1.165, 1.54) is 0 Å². The molecular formula is C13H22N4O. The molecule has 2 unspecified atom stereocenters. The van der Waals surface area contributed by atoms with Crippen LogP contribution in [0.5, 0.6) is 0 Å². The maximum Gasteiger partial charge on any atom is 0.269 e. The second-order valence-corrected chi connectivity index (χ2v) is 5.06. The zero-order valence-corrected chi connectivity index (χ0v) is 11.4. The van der Waals surface area contributed by atoms with Gasteiger partial charge in [0.25, 0.3) is 5.91 Å². The van der Waals surface area contributed by atoms with Crippen molar-refractivity contribution in [1.82, 2.24) is 20.4 Å². The number of hydrogen-bond donors (Lipinski definition) is 2. The number of rotatable bonds is 3. The molecule has 0 bridgehead atoms. The largest absolute Gasteiger partial charge is 0.347 e. The van der Waals surface area contributed by atoms with Crippen LogP contribution in [0.3, 0.4) is 0 Å². The van der Waals surface area contributed by atoms with E-state index in [9.17, 15) is 4.79 Å². The summed E-state index contributed by atoms with van der Waals surface area (Å²) in [5, 5.41) is 10.7. The Labute approximate surface area is 108 Å². The van der Waals surface area contributed by atoms with Crippen molar-refractivity contribution in [2.24, 2.45) is 7.05 Å². The van der Waals surface area contributed by atoms with Crippen molar-refractivity contribution in [2.45, 2.75) is 45.2 Å². The number of piperidine rings is 1. The predicted molar refractivity (Wildman–Crippen MR) is 70.5 cm³/mol. The lowest BCUT2D eigenvalue weighted by atomic mass is 10.0. The topological polar surface area (TPSA) is 59.0 Å². The number of aryl methyl sites for hydroxylation is 2. The highest BCUT2D eigenvalue weighted by molar-refractivity contribution is 5.92. The van der Waals surface area contributed by atoms with E-state index in [0.717, 1.165) is 31.5 Å². The van der Waals surface area contributed by atoms with Gasteiger partial charge in [0.2, 0.25) is 0 Å². The van der Waals surface area contributed by atoms with Crippen LogP contribution in [0.2, 0.25) is 0 Å². The molecule has 2 heterocycles. The summed E-state index contributed by atoms with van der Waals surface area (Å²) in [5.41, 5.74) is 1.60. The third kappa shape index (κ3) is 2.90. The summed E-state index contributed by atoms with van der Waals surface area (Å²) in [7, 11) is 1.81. The second kappa shape index (κ2) is 5.52. The average molecular weight is 250 g/mol. The van der Waals surface area contributed by atoms with Gasteiger partial charge in [0, 0.05) is 25.7 Å². The molecule has 2 rings (SSSR count). The predicted octanol–water partition coefficient (Wildman–Crippen LogP) is 0.853. The van der Waals surface area contributed by atoms with E-state index >= 15 is 0 Å². The summed E-state index contributed by atoms with van der Waals surface area (Å²) < 4.78 is 1.66. The molecule has 1 aliphatic rings. The molecule has 5 nitrogen and oxygen atoms in total. The van der Waals surface area contributed by atoms with Crippen LogP contribution < -0.4 is 10.6 Å². The summed E-state index contributed by atoms with van der Waals surface area (Å²) in [5.74, 6) is -0.0222. The van der Waals surface area contributed by atoms with Crippen molar-refractivity contribution in [3.8, 4) is 0 Å². The maximum absolute atomic E-state index is 12.1. The van der Waals surface area contributed by atoms with Crippen LogP contribution in [0, 0.1) is 0 Å². The Bertz CT molecular complexity index is 419. The van der Waals surface area contributed by atoms with Gasteiger partial charge in [-0.2, -0.15) is 5.10 Å². The number of carbonyl (C=O) groups excluding carboxylic acids is 1. The molecule has 0 radical (unpaired) electrons. The first-order valence-electron chi connectivity index (χ1n) is 6.67. The van der Waals surface area contributed by atoms with E-state index in [4.69, 9.17) is 0 Å². The van der Waals surface area contributed by atoms with Gasteiger partial charge in [0.05, 0.1) is 5.69 Å². The van der Waals surface area contributed by atoms with E-state index < -0.39 is 0 Å². The lowest BCUT2D eigenvalue weighted by Crippen LogP contribution is -2.48. The van der Waals surface area contributed by atoms with Crippen LogP contribution in [-0.4, -0.2) is 34.3 Å². The molecule has 100 valence electrons. The normalized spacial score (nSPS) is 23.9. The van der Waals surface area contributed by atoms with Gasteiger partial charge < -0.3 is 10.6 Å². The Kier molecular flexibility index (Phi) is 4.01. The quantitative estimate of drug-likeness (QED) is 0.836. The fourth-order valence-electron chi connectivity index (χ4n) is 2.29. The first-order valence-corrected chi connectivity index (χ1v) is 6.67. The molecule has 0 saturated carbocycles. The Morgan fingerprint density at radius 1 is 1.61 bits per heavy atom. The smallest absolute Gasteiger partial charge is 0.269 e. The molecule has 1 fully saturated rings. The fraction of sp³-hybridized carbons (Fsp3) is 0.692. The summed E-state index contributed by atoms with van der Waals surface area (Å²) in [4.78, 5) is 12.1. The number of amides is 1. The average Bonchev–Trinajstić information content (AvgIpc) is 2.73. The Morgan fingerprint density at radius 3 is 2.94 bits per heavy atom. The molecule has 0 aromatic carbocycles. The van der Waals surface area contributed by atoms with Gasteiger partial charge in [-0.05, 0) is 32.3 Å². The highest BCUT2D eigenvalue weighted by Crippen LogP contribution is 2.09.